The van der Waals surface area contributed by atoms with Gasteiger partial charge in [0.05, 0.1) is 5.56 Å². The van der Waals surface area contributed by atoms with Gasteiger partial charge in [-0.1, -0.05) is 23.9 Å². The molecule has 0 radical (unpaired) electrons. The number of aromatic nitrogens is 2. The molecule has 1 atom stereocenters. The predicted octanol–water partition coefficient (Wildman–Crippen LogP) is 2.76. The van der Waals surface area contributed by atoms with E-state index in [4.69, 9.17) is 0 Å². The van der Waals surface area contributed by atoms with Gasteiger partial charge in [-0.15, -0.1) is 0 Å². The number of hydrogen-bond acceptors (Lipinski definition) is 6. The Morgan fingerprint density at radius 3 is 2.88 bits per heavy atom. The lowest BCUT2D eigenvalue weighted by Crippen LogP contribution is -2.32. The number of hydrogen-bond donors (Lipinski definition) is 3. The van der Waals surface area contributed by atoms with Crippen molar-refractivity contribution in [3.63, 3.8) is 0 Å². The molecule has 1 aromatic carbocycles. The fourth-order valence-corrected chi connectivity index (χ4v) is 3.95. The number of nitrogens with one attached hydrogen (secondary N) is 2. The van der Waals surface area contributed by atoms with Crippen molar-refractivity contribution in [1.29, 1.82) is 0 Å². The number of nitrogens with zero attached hydrogens (tertiary/aromatic N) is 1. The maximum Gasteiger partial charge on any atom is 0.257 e. The number of benzene rings is 1. The van der Waals surface area contributed by atoms with E-state index in [1.165, 1.54) is 11.8 Å². The summed E-state index contributed by atoms with van der Waals surface area (Å²) in [5.74, 6) is 0.127. The van der Waals surface area contributed by atoms with Crippen LogP contribution in [0.1, 0.15) is 36.3 Å². The molecule has 1 aliphatic heterocycles. The SMILES string of the molecule is CSc1nc2c(c(=O)[nH]1)C(c1cccc(O)c1)C1=C(CCCC1=O)N2. The molecule has 2 aliphatic rings. The van der Waals surface area contributed by atoms with Crippen molar-refractivity contribution in [3.8, 4) is 5.75 Å². The lowest BCUT2D eigenvalue weighted by molar-refractivity contribution is -0.116. The topological polar surface area (TPSA) is 95.1 Å². The molecule has 2 heterocycles. The summed E-state index contributed by atoms with van der Waals surface area (Å²) in [6, 6.07) is 6.72. The maximum absolute atomic E-state index is 12.7. The van der Waals surface area contributed by atoms with E-state index < -0.39 is 5.92 Å². The van der Waals surface area contributed by atoms with E-state index in [0.29, 0.717) is 28.5 Å². The number of phenolic OH excluding ortho intramolecular Hbond substituents is 1. The Hall–Kier alpha value is -2.54. The zero-order valence-corrected chi connectivity index (χ0v) is 14.4. The van der Waals surface area contributed by atoms with E-state index in [2.05, 4.69) is 15.3 Å². The van der Waals surface area contributed by atoms with Crippen molar-refractivity contribution in [1.82, 2.24) is 9.97 Å². The highest BCUT2D eigenvalue weighted by Gasteiger charge is 2.37. The van der Waals surface area contributed by atoms with Gasteiger partial charge in [0, 0.05) is 23.6 Å². The number of aromatic hydroxyl groups is 1. The zero-order valence-electron chi connectivity index (χ0n) is 13.6. The molecule has 128 valence electrons. The third-order valence-corrected chi connectivity index (χ3v) is 5.21. The van der Waals surface area contributed by atoms with E-state index in [1.807, 2.05) is 12.3 Å². The minimum absolute atomic E-state index is 0.0427. The van der Waals surface area contributed by atoms with E-state index in [1.54, 1.807) is 18.2 Å². The van der Waals surface area contributed by atoms with Crippen molar-refractivity contribution in [2.24, 2.45) is 0 Å². The monoisotopic (exact) mass is 355 g/mol. The number of H-pyrrole nitrogens is 1. The Bertz CT molecular complexity index is 964. The van der Waals surface area contributed by atoms with Gasteiger partial charge in [-0.25, -0.2) is 4.98 Å². The molecule has 0 fully saturated rings. The Balaban J connectivity index is 2.00. The number of carbonyl (C=O) groups excluding carboxylic acids is 1. The van der Waals surface area contributed by atoms with Crippen molar-refractivity contribution >= 4 is 23.4 Å². The van der Waals surface area contributed by atoms with E-state index in [9.17, 15) is 14.7 Å². The van der Waals surface area contributed by atoms with Gasteiger partial charge in [0.15, 0.2) is 10.9 Å². The average Bonchev–Trinajstić information content (AvgIpc) is 2.60. The number of allylic oxidation sites excluding steroid dienone is 2. The molecule has 0 saturated carbocycles. The molecule has 0 spiro atoms. The first kappa shape index (κ1) is 16.0. The highest BCUT2D eigenvalue weighted by Crippen LogP contribution is 2.43. The van der Waals surface area contributed by atoms with Crippen LogP contribution in [0.4, 0.5) is 5.82 Å². The summed E-state index contributed by atoms with van der Waals surface area (Å²) in [5, 5.41) is 13.6. The molecule has 0 saturated heterocycles. The molecule has 7 heteroatoms. The minimum atomic E-state index is -0.515. The molecule has 0 bridgehead atoms. The first-order valence-electron chi connectivity index (χ1n) is 8.09. The summed E-state index contributed by atoms with van der Waals surface area (Å²) in [4.78, 5) is 32.7. The van der Waals surface area contributed by atoms with Crippen LogP contribution in [0.2, 0.25) is 0 Å². The molecule has 2 aromatic rings. The van der Waals surface area contributed by atoms with Crippen molar-refractivity contribution in [2.75, 3.05) is 11.6 Å². The molecule has 1 aliphatic carbocycles. The van der Waals surface area contributed by atoms with Crippen LogP contribution in [0, 0.1) is 0 Å². The standard InChI is InChI=1S/C18H17N3O3S/c1-25-18-20-16-15(17(24)21-18)13(9-4-2-5-10(22)8-9)14-11(19-16)6-3-7-12(14)23/h2,4-5,8,13,22H,3,6-7H2,1H3,(H2,19,20,21,24). The average molecular weight is 355 g/mol. The molecule has 25 heavy (non-hydrogen) atoms. The number of carbonyl (C=O) groups is 1. The third-order valence-electron chi connectivity index (χ3n) is 4.63. The minimum Gasteiger partial charge on any atom is -0.508 e. The van der Waals surface area contributed by atoms with Gasteiger partial charge >= 0.3 is 0 Å². The van der Waals surface area contributed by atoms with Crippen LogP contribution in [-0.4, -0.2) is 27.1 Å². The summed E-state index contributed by atoms with van der Waals surface area (Å²) in [6.07, 6.45) is 3.85. The number of rotatable bonds is 2. The van der Waals surface area contributed by atoms with Gasteiger partial charge < -0.3 is 15.4 Å². The fourth-order valence-electron chi connectivity index (χ4n) is 3.57. The quantitative estimate of drug-likeness (QED) is 0.566. The maximum atomic E-state index is 12.7. The summed E-state index contributed by atoms with van der Waals surface area (Å²) in [6.45, 7) is 0. The second-order valence-electron chi connectivity index (χ2n) is 6.16. The number of fused-ring (bicyclic) bond motifs is 1. The fraction of sp³-hybridized carbons (Fsp3) is 0.278. The van der Waals surface area contributed by atoms with E-state index in [-0.39, 0.29) is 17.1 Å². The van der Waals surface area contributed by atoms with Crippen LogP contribution in [0.15, 0.2) is 45.5 Å². The van der Waals surface area contributed by atoms with Crippen LogP contribution in [0.3, 0.4) is 0 Å². The van der Waals surface area contributed by atoms with Gasteiger partial charge in [-0.05, 0) is 36.8 Å². The molecule has 4 rings (SSSR count). The normalized spacial score (nSPS) is 19.2. The lowest BCUT2D eigenvalue weighted by atomic mass is 9.76. The van der Waals surface area contributed by atoms with Crippen LogP contribution < -0.4 is 10.9 Å². The van der Waals surface area contributed by atoms with Gasteiger partial charge in [-0.2, -0.15) is 0 Å². The zero-order chi connectivity index (χ0) is 17.6. The number of ketones is 1. The number of phenols is 1. The summed E-state index contributed by atoms with van der Waals surface area (Å²) in [5.41, 5.74) is 2.34. The largest absolute Gasteiger partial charge is 0.508 e. The van der Waals surface area contributed by atoms with Gasteiger partial charge in [0.2, 0.25) is 0 Å². The van der Waals surface area contributed by atoms with Crippen LogP contribution in [0.25, 0.3) is 0 Å². The highest BCUT2D eigenvalue weighted by molar-refractivity contribution is 7.98. The highest BCUT2D eigenvalue weighted by atomic mass is 32.2. The van der Waals surface area contributed by atoms with Crippen molar-refractivity contribution in [2.45, 2.75) is 30.3 Å². The smallest absolute Gasteiger partial charge is 0.257 e. The summed E-state index contributed by atoms with van der Waals surface area (Å²) < 4.78 is 0. The van der Waals surface area contributed by atoms with Gasteiger partial charge in [0.25, 0.3) is 5.56 Å². The molecule has 1 unspecified atom stereocenters. The third kappa shape index (κ3) is 2.64. The Labute approximate surface area is 148 Å². The molecule has 1 aromatic heterocycles. The first-order valence-corrected chi connectivity index (χ1v) is 9.31. The Morgan fingerprint density at radius 2 is 2.12 bits per heavy atom. The van der Waals surface area contributed by atoms with Gasteiger partial charge in [-0.3, -0.25) is 9.59 Å². The van der Waals surface area contributed by atoms with Crippen molar-refractivity contribution in [3.05, 3.63) is 57.0 Å². The first-order chi connectivity index (χ1) is 12.1. The summed E-state index contributed by atoms with van der Waals surface area (Å²) in [7, 11) is 0. The Morgan fingerprint density at radius 1 is 1.28 bits per heavy atom. The second-order valence-corrected chi connectivity index (χ2v) is 6.95. The van der Waals surface area contributed by atoms with E-state index >= 15 is 0 Å². The molecular formula is C18H17N3O3S. The van der Waals surface area contributed by atoms with Crippen molar-refractivity contribution < 1.29 is 9.90 Å². The lowest BCUT2D eigenvalue weighted by Gasteiger charge is -2.32. The number of aromatic amines is 1. The number of Topliss-reactive ketones (excluding diaryl/α,β-unsaturated/α-hetero) is 1. The molecule has 0 amide bonds. The Kier molecular flexibility index (Phi) is 3.88. The second kappa shape index (κ2) is 6.07. The van der Waals surface area contributed by atoms with Gasteiger partial charge in [0.1, 0.15) is 11.6 Å². The van der Waals surface area contributed by atoms with Crippen LogP contribution in [0.5, 0.6) is 5.75 Å². The molecule has 3 N–H and O–H groups in total. The molecule has 6 nitrogen and oxygen atoms in total. The van der Waals surface area contributed by atoms with Crippen LogP contribution in [-0.2, 0) is 4.79 Å². The van der Waals surface area contributed by atoms with Crippen LogP contribution >= 0.6 is 11.8 Å². The van der Waals surface area contributed by atoms with E-state index in [0.717, 1.165) is 24.1 Å². The number of thioether (sulfide) groups is 1. The predicted molar refractivity (Wildman–Crippen MR) is 96.1 cm³/mol. The number of anilines is 1. The molecular weight excluding hydrogens is 338 g/mol. The summed E-state index contributed by atoms with van der Waals surface area (Å²) >= 11 is 1.36.